The fourth-order valence-corrected chi connectivity index (χ4v) is 1.38. The van der Waals surface area contributed by atoms with Gasteiger partial charge in [-0.1, -0.05) is 30.3 Å². The van der Waals surface area contributed by atoms with Crippen molar-refractivity contribution < 1.29 is 0 Å². The van der Waals surface area contributed by atoms with Crippen LogP contribution < -0.4 is 5.32 Å². The van der Waals surface area contributed by atoms with Gasteiger partial charge in [-0.15, -0.1) is 6.58 Å². The topological polar surface area (TPSA) is 12.0 Å². The Morgan fingerprint density at radius 3 is 2.69 bits per heavy atom. The summed E-state index contributed by atoms with van der Waals surface area (Å²) in [7, 11) is 1.96. The van der Waals surface area contributed by atoms with Crippen molar-refractivity contribution in [2.24, 2.45) is 0 Å². The zero-order valence-electron chi connectivity index (χ0n) is 8.38. The van der Waals surface area contributed by atoms with Gasteiger partial charge in [0.15, 0.2) is 0 Å². The van der Waals surface area contributed by atoms with Crippen molar-refractivity contribution in [3.05, 3.63) is 48.0 Å². The zero-order chi connectivity index (χ0) is 9.68. The Hall–Kier alpha value is -1.08. The SMILES string of the molecule is C=CC(Cc1ccccc1C)NC. The molecule has 0 bridgehead atoms. The molecule has 0 heterocycles. The van der Waals surface area contributed by atoms with Crippen LogP contribution in [0, 0.1) is 6.92 Å². The Kier molecular flexibility index (Phi) is 3.71. The van der Waals surface area contributed by atoms with Gasteiger partial charge >= 0.3 is 0 Å². The van der Waals surface area contributed by atoms with E-state index in [0.29, 0.717) is 6.04 Å². The molecule has 0 saturated carbocycles. The van der Waals surface area contributed by atoms with Gasteiger partial charge in [0.05, 0.1) is 0 Å². The monoisotopic (exact) mass is 175 g/mol. The molecule has 0 aliphatic heterocycles. The third-order valence-electron chi connectivity index (χ3n) is 2.36. The van der Waals surface area contributed by atoms with E-state index in [2.05, 4.69) is 43.1 Å². The molecule has 13 heavy (non-hydrogen) atoms. The van der Waals surface area contributed by atoms with Crippen LogP contribution in [0.1, 0.15) is 11.1 Å². The average molecular weight is 175 g/mol. The fourth-order valence-electron chi connectivity index (χ4n) is 1.38. The second-order valence-corrected chi connectivity index (χ2v) is 3.26. The number of aryl methyl sites for hydroxylation is 1. The third kappa shape index (κ3) is 2.71. The van der Waals surface area contributed by atoms with E-state index in [4.69, 9.17) is 0 Å². The summed E-state index contributed by atoms with van der Waals surface area (Å²) in [5.41, 5.74) is 2.74. The molecule has 70 valence electrons. The van der Waals surface area contributed by atoms with Gasteiger partial charge in [-0.3, -0.25) is 0 Å². The maximum Gasteiger partial charge on any atom is 0.0285 e. The van der Waals surface area contributed by atoms with Gasteiger partial charge in [0.1, 0.15) is 0 Å². The third-order valence-corrected chi connectivity index (χ3v) is 2.36. The lowest BCUT2D eigenvalue weighted by Gasteiger charge is -2.12. The van der Waals surface area contributed by atoms with Crippen molar-refractivity contribution in [1.29, 1.82) is 0 Å². The van der Waals surface area contributed by atoms with Gasteiger partial charge in [-0.05, 0) is 31.5 Å². The summed E-state index contributed by atoms with van der Waals surface area (Å²) in [4.78, 5) is 0. The summed E-state index contributed by atoms with van der Waals surface area (Å²) in [5, 5.41) is 3.21. The molecule has 0 saturated heterocycles. The molecule has 1 heteroatoms. The molecule has 1 rings (SSSR count). The first-order chi connectivity index (χ1) is 6.27. The molecule has 1 unspecified atom stereocenters. The quantitative estimate of drug-likeness (QED) is 0.692. The maximum atomic E-state index is 3.80. The molecule has 0 aliphatic carbocycles. The van der Waals surface area contributed by atoms with Crippen molar-refractivity contribution in [2.75, 3.05) is 7.05 Å². The minimum Gasteiger partial charge on any atom is -0.313 e. The molecule has 1 atom stereocenters. The van der Waals surface area contributed by atoms with Gasteiger partial charge in [-0.2, -0.15) is 0 Å². The second kappa shape index (κ2) is 4.83. The molecule has 0 aliphatic rings. The largest absolute Gasteiger partial charge is 0.313 e. The van der Waals surface area contributed by atoms with E-state index in [9.17, 15) is 0 Å². The van der Waals surface area contributed by atoms with Crippen molar-refractivity contribution in [2.45, 2.75) is 19.4 Å². The maximum absolute atomic E-state index is 3.80. The highest BCUT2D eigenvalue weighted by Gasteiger charge is 2.03. The summed E-state index contributed by atoms with van der Waals surface area (Å²) in [6.07, 6.45) is 2.97. The first-order valence-corrected chi connectivity index (χ1v) is 4.62. The lowest BCUT2D eigenvalue weighted by atomic mass is 10.0. The number of rotatable bonds is 4. The van der Waals surface area contributed by atoms with E-state index in [1.54, 1.807) is 0 Å². The predicted octanol–water partition coefficient (Wildman–Crippen LogP) is 2.31. The van der Waals surface area contributed by atoms with Gasteiger partial charge < -0.3 is 5.32 Å². The molecule has 0 amide bonds. The normalized spacial score (nSPS) is 12.5. The highest BCUT2D eigenvalue weighted by atomic mass is 14.9. The highest BCUT2D eigenvalue weighted by molar-refractivity contribution is 5.26. The van der Waals surface area contributed by atoms with Crippen LogP contribution in [0.5, 0.6) is 0 Å². The van der Waals surface area contributed by atoms with E-state index in [-0.39, 0.29) is 0 Å². The van der Waals surface area contributed by atoms with E-state index in [1.807, 2.05) is 13.1 Å². The van der Waals surface area contributed by atoms with Crippen molar-refractivity contribution in [3.63, 3.8) is 0 Å². The van der Waals surface area contributed by atoms with Gasteiger partial charge in [0.2, 0.25) is 0 Å². The van der Waals surface area contributed by atoms with Gasteiger partial charge in [0.25, 0.3) is 0 Å². The van der Waals surface area contributed by atoms with Crippen LogP contribution in [-0.2, 0) is 6.42 Å². The molecule has 0 fully saturated rings. The van der Waals surface area contributed by atoms with Crippen molar-refractivity contribution >= 4 is 0 Å². The van der Waals surface area contributed by atoms with E-state index >= 15 is 0 Å². The molecule has 0 spiro atoms. The summed E-state index contributed by atoms with van der Waals surface area (Å²) in [6, 6.07) is 8.84. The number of hydrogen-bond acceptors (Lipinski definition) is 1. The Balaban J connectivity index is 2.73. The molecule has 1 aromatic carbocycles. The lowest BCUT2D eigenvalue weighted by molar-refractivity contribution is 0.663. The summed E-state index contributed by atoms with van der Waals surface area (Å²) in [6.45, 7) is 5.94. The zero-order valence-corrected chi connectivity index (χ0v) is 8.38. The number of benzene rings is 1. The minimum atomic E-state index is 0.376. The first-order valence-electron chi connectivity index (χ1n) is 4.62. The highest BCUT2D eigenvalue weighted by Crippen LogP contribution is 2.09. The van der Waals surface area contributed by atoms with Crippen LogP contribution in [0.15, 0.2) is 36.9 Å². The number of likely N-dealkylation sites (N-methyl/N-ethyl adjacent to an activating group) is 1. The molecule has 0 aromatic heterocycles. The summed E-state index contributed by atoms with van der Waals surface area (Å²) >= 11 is 0. The molecule has 1 N–H and O–H groups in total. The van der Waals surface area contributed by atoms with Crippen molar-refractivity contribution in [1.82, 2.24) is 5.32 Å². The minimum absolute atomic E-state index is 0.376. The number of hydrogen-bond donors (Lipinski definition) is 1. The smallest absolute Gasteiger partial charge is 0.0285 e. The molecule has 1 aromatic rings. The van der Waals surface area contributed by atoms with Crippen LogP contribution in [-0.4, -0.2) is 13.1 Å². The standard InChI is InChI=1S/C12H17N/c1-4-12(13-3)9-11-8-6-5-7-10(11)2/h4-8,12-13H,1,9H2,2-3H3. The van der Waals surface area contributed by atoms with Gasteiger partial charge in [-0.25, -0.2) is 0 Å². The Morgan fingerprint density at radius 2 is 2.15 bits per heavy atom. The van der Waals surface area contributed by atoms with Gasteiger partial charge in [0, 0.05) is 6.04 Å². The van der Waals surface area contributed by atoms with E-state index in [0.717, 1.165) is 6.42 Å². The lowest BCUT2D eigenvalue weighted by Crippen LogP contribution is -2.25. The van der Waals surface area contributed by atoms with Crippen LogP contribution >= 0.6 is 0 Å². The van der Waals surface area contributed by atoms with E-state index in [1.165, 1.54) is 11.1 Å². The summed E-state index contributed by atoms with van der Waals surface area (Å²) < 4.78 is 0. The second-order valence-electron chi connectivity index (χ2n) is 3.26. The Labute approximate surface area is 80.5 Å². The van der Waals surface area contributed by atoms with Crippen LogP contribution in [0.4, 0.5) is 0 Å². The Bertz CT molecular complexity index is 278. The predicted molar refractivity (Wildman–Crippen MR) is 57.9 cm³/mol. The Morgan fingerprint density at radius 1 is 1.46 bits per heavy atom. The van der Waals surface area contributed by atoms with E-state index < -0.39 is 0 Å². The number of nitrogens with one attached hydrogen (secondary N) is 1. The average Bonchev–Trinajstić information content (AvgIpc) is 2.17. The molecular formula is C12H17N. The first kappa shape index (κ1) is 10.0. The summed E-state index contributed by atoms with van der Waals surface area (Å²) in [5.74, 6) is 0. The van der Waals surface area contributed by atoms with Crippen LogP contribution in [0.25, 0.3) is 0 Å². The van der Waals surface area contributed by atoms with Crippen LogP contribution in [0.2, 0.25) is 0 Å². The molecule has 1 nitrogen and oxygen atoms in total. The molecular weight excluding hydrogens is 158 g/mol. The van der Waals surface area contributed by atoms with Crippen molar-refractivity contribution in [3.8, 4) is 0 Å². The van der Waals surface area contributed by atoms with Crippen LogP contribution in [0.3, 0.4) is 0 Å². The molecule has 0 radical (unpaired) electrons. The fraction of sp³-hybridized carbons (Fsp3) is 0.333.